The summed E-state index contributed by atoms with van der Waals surface area (Å²) in [5, 5.41) is 3.14. The average Bonchev–Trinajstić information content (AvgIpc) is 3.10. The Morgan fingerprint density at radius 2 is 1.64 bits per heavy atom. The van der Waals surface area contributed by atoms with Crippen LogP contribution in [0.5, 0.6) is 0 Å². The Morgan fingerprint density at radius 1 is 1.03 bits per heavy atom. The SMILES string of the molecule is CC(C)(C)OC(=O)NC1(C2CC(=O)N(Cc3ccccc3)C2)CC(OCc2ccccc2)C1. The van der Waals surface area contributed by atoms with Crippen LogP contribution in [0.3, 0.4) is 0 Å². The highest BCUT2D eigenvalue weighted by Crippen LogP contribution is 2.45. The molecule has 6 nitrogen and oxygen atoms in total. The maximum absolute atomic E-state index is 12.8. The summed E-state index contributed by atoms with van der Waals surface area (Å²) in [7, 11) is 0. The Kier molecular flexibility index (Phi) is 6.75. The molecule has 2 aromatic rings. The first-order valence-corrected chi connectivity index (χ1v) is 11.7. The predicted molar refractivity (Wildman–Crippen MR) is 126 cm³/mol. The van der Waals surface area contributed by atoms with Gasteiger partial charge < -0.3 is 19.7 Å². The van der Waals surface area contributed by atoms with Gasteiger partial charge in [0, 0.05) is 25.4 Å². The average molecular weight is 451 g/mol. The maximum Gasteiger partial charge on any atom is 0.408 e. The molecule has 2 amide bonds. The molecule has 1 heterocycles. The third kappa shape index (κ3) is 5.93. The Labute approximate surface area is 196 Å². The predicted octanol–water partition coefficient (Wildman–Crippen LogP) is 4.68. The minimum atomic E-state index is -0.580. The Balaban J connectivity index is 1.42. The number of benzene rings is 2. The molecule has 0 radical (unpaired) electrons. The molecule has 6 heteroatoms. The van der Waals surface area contributed by atoms with Crippen molar-refractivity contribution in [3.8, 4) is 0 Å². The van der Waals surface area contributed by atoms with E-state index in [1.165, 1.54) is 0 Å². The number of alkyl carbamates (subject to hydrolysis) is 1. The van der Waals surface area contributed by atoms with E-state index in [-0.39, 0.29) is 17.9 Å². The number of hydrogen-bond donors (Lipinski definition) is 1. The molecule has 0 aromatic heterocycles. The summed E-state index contributed by atoms with van der Waals surface area (Å²) in [5.41, 5.74) is 1.16. The maximum atomic E-state index is 12.8. The summed E-state index contributed by atoms with van der Waals surface area (Å²) in [6, 6.07) is 20.1. The highest BCUT2D eigenvalue weighted by molar-refractivity contribution is 5.79. The summed E-state index contributed by atoms with van der Waals surface area (Å²) in [6.07, 6.45) is 1.39. The number of amides is 2. The van der Waals surface area contributed by atoms with E-state index in [0.717, 1.165) is 11.1 Å². The molecule has 33 heavy (non-hydrogen) atoms. The molecule has 176 valence electrons. The summed E-state index contributed by atoms with van der Waals surface area (Å²) >= 11 is 0. The molecule has 1 saturated heterocycles. The van der Waals surface area contributed by atoms with Crippen molar-refractivity contribution in [3.05, 3.63) is 71.8 Å². The monoisotopic (exact) mass is 450 g/mol. The first kappa shape index (κ1) is 23.3. The Hall–Kier alpha value is -2.86. The molecule has 2 aliphatic rings. The van der Waals surface area contributed by atoms with Gasteiger partial charge >= 0.3 is 6.09 Å². The van der Waals surface area contributed by atoms with Gasteiger partial charge in [-0.05, 0) is 44.7 Å². The molecule has 1 saturated carbocycles. The number of likely N-dealkylation sites (tertiary alicyclic amines) is 1. The van der Waals surface area contributed by atoms with E-state index in [9.17, 15) is 9.59 Å². The summed E-state index contributed by atoms with van der Waals surface area (Å²) < 4.78 is 11.7. The first-order chi connectivity index (χ1) is 15.7. The van der Waals surface area contributed by atoms with E-state index in [1.807, 2.05) is 86.3 Å². The van der Waals surface area contributed by atoms with Crippen molar-refractivity contribution < 1.29 is 19.1 Å². The number of rotatable bonds is 7. The molecule has 0 bridgehead atoms. The topological polar surface area (TPSA) is 67.9 Å². The quantitative estimate of drug-likeness (QED) is 0.665. The molecule has 1 aliphatic carbocycles. The van der Waals surface area contributed by atoms with Crippen molar-refractivity contribution in [2.75, 3.05) is 6.54 Å². The van der Waals surface area contributed by atoms with Crippen LogP contribution in [0.15, 0.2) is 60.7 Å². The van der Waals surface area contributed by atoms with Crippen LogP contribution in [0, 0.1) is 5.92 Å². The van der Waals surface area contributed by atoms with E-state index in [4.69, 9.17) is 9.47 Å². The van der Waals surface area contributed by atoms with Gasteiger partial charge in [0.2, 0.25) is 5.91 Å². The van der Waals surface area contributed by atoms with Crippen LogP contribution >= 0.6 is 0 Å². The third-order valence-electron chi connectivity index (χ3n) is 6.47. The fourth-order valence-corrected chi connectivity index (χ4v) is 4.80. The van der Waals surface area contributed by atoms with Gasteiger partial charge in [-0.3, -0.25) is 4.79 Å². The zero-order valence-corrected chi connectivity index (χ0v) is 19.8. The van der Waals surface area contributed by atoms with Crippen molar-refractivity contribution >= 4 is 12.0 Å². The third-order valence-corrected chi connectivity index (χ3v) is 6.47. The fourth-order valence-electron chi connectivity index (χ4n) is 4.80. The second kappa shape index (κ2) is 9.56. The van der Waals surface area contributed by atoms with Gasteiger partial charge in [-0.25, -0.2) is 4.79 Å². The highest BCUT2D eigenvalue weighted by Gasteiger charge is 2.54. The standard InChI is InChI=1S/C27H34N2O4/c1-26(2,3)33-25(31)28-27(15-23(16-27)32-19-21-12-8-5-9-13-21)22-14-24(30)29(18-22)17-20-10-6-4-7-11-20/h4-13,22-23H,14-19H2,1-3H3,(H,28,31). The van der Waals surface area contributed by atoms with Crippen LogP contribution in [-0.2, 0) is 27.4 Å². The molecule has 2 aromatic carbocycles. The fraction of sp³-hybridized carbons (Fsp3) is 0.481. The lowest BCUT2D eigenvalue weighted by molar-refractivity contribution is -0.128. The van der Waals surface area contributed by atoms with Gasteiger partial charge in [0.05, 0.1) is 18.2 Å². The van der Waals surface area contributed by atoms with Gasteiger partial charge in [-0.2, -0.15) is 0 Å². The lowest BCUT2D eigenvalue weighted by Gasteiger charge is -2.51. The number of nitrogens with one attached hydrogen (secondary N) is 1. The van der Waals surface area contributed by atoms with Crippen LogP contribution in [0.4, 0.5) is 4.79 Å². The van der Waals surface area contributed by atoms with Gasteiger partial charge in [0.1, 0.15) is 5.60 Å². The zero-order valence-electron chi connectivity index (χ0n) is 19.8. The minimum absolute atomic E-state index is 0.0257. The van der Waals surface area contributed by atoms with Crippen molar-refractivity contribution in [1.29, 1.82) is 0 Å². The number of hydrogen-bond acceptors (Lipinski definition) is 4. The summed E-state index contributed by atoms with van der Waals surface area (Å²) in [5.74, 6) is 0.153. The largest absolute Gasteiger partial charge is 0.444 e. The van der Waals surface area contributed by atoms with Crippen molar-refractivity contribution in [3.63, 3.8) is 0 Å². The zero-order chi connectivity index (χ0) is 23.5. The molecular formula is C27H34N2O4. The smallest absolute Gasteiger partial charge is 0.408 e. The van der Waals surface area contributed by atoms with Gasteiger partial charge in [-0.1, -0.05) is 60.7 Å². The van der Waals surface area contributed by atoms with Gasteiger partial charge in [0.25, 0.3) is 0 Å². The van der Waals surface area contributed by atoms with Crippen molar-refractivity contribution in [2.24, 2.45) is 5.92 Å². The molecule has 4 rings (SSSR count). The van der Waals surface area contributed by atoms with Gasteiger partial charge in [0.15, 0.2) is 0 Å². The van der Waals surface area contributed by atoms with Crippen molar-refractivity contribution in [1.82, 2.24) is 10.2 Å². The van der Waals surface area contributed by atoms with Crippen LogP contribution in [-0.4, -0.2) is 40.7 Å². The van der Waals surface area contributed by atoms with Crippen LogP contribution in [0.1, 0.15) is 51.2 Å². The van der Waals surface area contributed by atoms with E-state index in [1.54, 1.807) is 0 Å². The van der Waals surface area contributed by atoms with E-state index >= 15 is 0 Å². The summed E-state index contributed by atoms with van der Waals surface area (Å²) in [6.45, 7) is 7.31. The Bertz CT molecular complexity index is 949. The van der Waals surface area contributed by atoms with Crippen LogP contribution < -0.4 is 5.32 Å². The number of carbonyl (C=O) groups excluding carboxylic acids is 2. The van der Waals surface area contributed by atoms with E-state index in [0.29, 0.717) is 39.0 Å². The second-order valence-corrected chi connectivity index (χ2v) is 10.3. The lowest BCUT2D eigenvalue weighted by atomic mass is 9.65. The molecule has 1 unspecified atom stereocenters. The molecule has 1 aliphatic heterocycles. The molecule has 1 atom stereocenters. The first-order valence-electron chi connectivity index (χ1n) is 11.7. The summed E-state index contributed by atoms with van der Waals surface area (Å²) in [4.78, 5) is 27.4. The minimum Gasteiger partial charge on any atom is -0.444 e. The number of carbonyl (C=O) groups is 2. The van der Waals surface area contributed by atoms with E-state index < -0.39 is 17.2 Å². The number of ether oxygens (including phenoxy) is 2. The molecule has 2 fully saturated rings. The molecule has 1 N–H and O–H groups in total. The second-order valence-electron chi connectivity index (χ2n) is 10.3. The van der Waals surface area contributed by atoms with Crippen molar-refractivity contribution in [2.45, 2.75) is 70.4 Å². The van der Waals surface area contributed by atoms with E-state index in [2.05, 4.69) is 5.32 Å². The van der Waals surface area contributed by atoms with Crippen LogP contribution in [0.25, 0.3) is 0 Å². The Morgan fingerprint density at radius 3 is 2.24 bits per heavy atom. The molecular weight excluding hydrogens is 416 g/mol. The normalized spacial score (nSPS) is 24.9. The lowest BCUT2D eigenvalue weighted by Crippen LogP contribution is -2.65. The van der Waals surface area contributed by atoms with Gasteiger partial charge in [-0.15, -0.1) is 0 Å². The highest BCUT2D eigenvalue weighted by atomic mass is 16.6. The molecule has 0 spiro atoms. The van der Waals surface area contributed by atoms with Crippen LogP contribution in [0.2, 0.25) is 0 Å². The number of nitrogens with zero attached hydrogens (tertiary/aromatic N) is 1.